The topological polar surface area (TPSA) is 0 Å². The largest absolute Gasteiger partial charge is 0.416 e. The Kier molecular flexibility index (Phi) is 3.67. The van der Waals surface area contributed by atoms with E-state index in [0.29, 0.717) is 6.42 Å². The van der Waals surface area contributed by atoms with Crippen molar-refractivity contribution in [3.8, 4) is 0 Å². The first-order valence-corrected chi connectivity index (χ1v) is 5.85. The van der Waals surface area contributed by atoms with Gasteiger partial charge in [0.25, 0.3) is 0 Å². The van der Waals surface area contributed by atoms with Gasteiger partial charge in [-0.3, -0.25) is 0 Å². The minimum absolute atomic E-state index is 0.0571. The summed E-state index contributed by atoms with van der Waals surface area (Å²) in [6.45, 7) is 0. The van der Waals surface area contributed by atoms with Crippen LogP contribution in [0.2, 0.25) is 0 Å². The predicted molar refractivity (Wildman–Crippen MR) is 62.8 cm³/mol. The predicted octanol–water partition coefficient (Wildman–Crippen LogP) is 5.37. The van der Waals surface area contributed by atoms with E-state index in [9.17, 15) is 26.3 Å². The van der Waals surface area contributed by atoms with Crippen molar-refractivity contribution in [3.63, 3.8) is 0 Å². The molecular formula is C14H10F6. The van der Waals surface area contributed by atoms with Crippen molar-refractivity contribution in [3.05, 3.63) is 53.1 Å². The number of alkyl halides is 6. The van der Waals surface area contributed by atoms with Crippen LogP contribution in [-0.4, -0.2) is 6.18 Å². The molecule has 1 aromatic rings. The van der Waals surface area contributed by atoms with Crippen molar-refractivity contribution < 1.29 is 26.3 Å². The third kappa shape index (κ3) is 2.89. The highest BCUT2D eigenvalue weighted by Gasteiger charge is 2.39. The lowest BCUT2D eigenvalue weighted by Gasteiger charge is -2.21. The van der Waals surface area contributed by atoms with Crippen molar-refractivity contribution >= 4 is 5.57 Å². The Morgan fingerprint density at radius 1 is 0.850 bits per heavy atom. The van der Waals surface area contributed by atoms with E-state index >= 15 is 0 Å². The highest BCUT2D eigenvalue weighted by atomic mass is 19.4. The number of hydrogen-bond acceptors (Lipinski definition) is 0. The van der Waals surface area contributed by atoms with Crippen molar-refractivity contribution in [1.29, 1.82) is 0 Å². The van der Waals surface area contributed by atoms with E-state index in [0.717, 1.165) is 18.2 Å². The van der Waals surface area contributed by atoms with Gasteiger partial charge in [-0.25, -0.2) is 0 Å². The molecule has 0 unspecified atom stereocenters. The summed E-state index contributed by atoms with van der Waals surface area (Å²) in [6.07, 6.45) is -6.93. The average Bonchev–Trinajstić information content (AvgIpc) is 2.37. The standard InChI is InChI=1S/C14H10F6/c15-13(16,17)11-7-3-1-5-9(11)10-6-2-4-8-12(10)14(18,19)20/h1,3-5,7-8H,2,6H2. The van der Waals surface area contributed by atoms with Gasteiger partial charge in [-0.15, -0.1) is 0 Å². The normalized spacial score (nSPS) is 16.7. The van der Waals surface area contributed by atoms with Crippen LogP contribution in [0.1, 0.15) is 24.0 Å². The van der Waals surface area contributed by atoms with E-state index in [1.807, 2.05) is 0 Å². The van der Waals surface area contributed by atoms with E-state index in [1.54, 1.807) is 0 Å². The molecule has 0 aliphatic heterocycles. The monoisotopic (exact) mass is 292 g/mol. The molecule has 0 amide bonds. The van der Waals surface area contributed by atoms with E-state index in [-0.39, 0.29) is 12.0 Å². The van der Waals surface area contributed by atoms with Crippen LogP contribution in [0, 0.1) is 0 Å². The first kappa shape index (κ1) is 14.7. The first-order chi connectivity index (χ1) is 9.21. The summed E-state index contributed by atoms with van der Waals surface area (Å²) in [4.78, 5) is 0. The van der Waals surface area contributed by atoms with Gasteiger partial charge in [0.15, 0.2) is 0 Å². The molecule has 0 saturated carbocycles. The molecule has 1 aromatic carbocycles. The zero-order valence-corrected chi connectivity index (χ0v) is 10.1. The molecule has 0 saturated heterocycles. The number of hydrogen-bond donors (Lipinski definition) is 0. The smallest absolute Gasteiger partial charge is 0.166 e. The Morgan fingerprint density at radius 3 is 2.10 bits per heavy atom. The Bertz CT molecular complexity index is 560. The molecule has 0 bridgehead atoms. The van der Waals surface area contributed by atoms with Crippen molar-refractivity contribution in [1.82, 2.24) is 0 Å². The molecule has 6 heteroatoms. The van der Waals surface area contributed by atoms with Gasteiger partial charge in [-0.1, -0.05) is 30.4 Å². The maximum Gasteiger partial charge on any atom is 0.416 e. The molecule has 1 aliphatic rings. The van der Waals surface area contributed by atoms with Crippen molar-refractivity contribution in [2.45, 2.75) is 25.2 Å². The molecule has 0 fully saturated rings. The van der Waals surface area contributed by atoms with Gasteiger partial charge in [-0.2, -0.15) is 26.3 Å². The lowest BCUT2D eigenvalue weighted by molar-refractivity contribution is -0.137. The van der Waals surface area contributed by atoms with Crippen LogP contribution < -0.4 is 0 Å². The summed E-state index contributed by atoms with van der Waals surface area (Å²) in [5, 5.41) is 0. The van der Waals surface area contributed by atoms with Crippen LogP contribution in [0.3, 0.4) is 0 Å². The van der Waals surface area contributed by atoms with Crippen LogP contribution in [0.15, 0.2) is 42.0 Å². The second-order valence-corrected chi connectivity index (χ2v) is 4.37. The second-order valence-electron chi connectivity index (χ2n) is 4.37. The molecule has 0 nitrogen and oxygen atoms in total. The maximum atomic E-state index is 12.9. The molecule has 0 atom stereocenters. The van der Waals surface area contributed by atoms with Crippen LogP contribution in [0.25, 0.3) is 5.57 Å². The van der Waals surface area contributed by atoms with Gasteiger partial charge in [0, 0.05) is 0 Å². The van der Waals surface area contributed by atoms with Gasteiger partial charge in [0.05, 0.1) is 11.1 Å². The Balaban J connectivity index is 2.66. The molecule has 2 rings (SSSR count). The minimum atomic E-state index is -4.68. The SMILES string of the molecule is FC(F)(F)C1=C(c2ccccc2C(F)(F)F)CCC=C1. The zero-order valence-electron chi connectivity index (χ0n) is 10.1. The van der Waals surface area contributed by atoms with E-state index in [4.69, 9.17) is 0 Å². The molecule has 0 heterocycles. The minimum Gasteiger partial charge on any atom is -0.166 e. The highest BCUT2D eigenvalue weighted by molar-refractivity contribution is 5.75. The van der Waals surface area contributed by atoms with Crippen LogP contribution >= 0.6 is 0 Å². The number of halogens is 6. The fourth-order valence-corrected chi connectivity index (χ4v) is 2.20. The van der Waals surface area contributed by atoms with Gasteiger partial charge in [-0.05, 0) is 30.0 Å². The van der Waals surface area contributed by atoms with E-state index in [1.165, 1.54) is 18.2 Å². The summed E-state index contributed by atoms with van der Waals surface area (Å²) < 4.78 is 77.5. The molecule has 0 spiro atoms. The lowest BCUT2D eigenvalue weighted by Crippen LogP contribution is -2.16. The van der Waals surface area contributed by atoms with E-state index in [2.05, 4.69) is 0 Å². The quantitative estimate of drug-likeness (QED) is 0.610. The number of allylic oxidation sites excluding steroid dienone is 4. The van der Waals surface area contributed by atoms with Gasteiger partial charge >= 0.3 is 12.4 Å². The first-order valence-electron chi connectivity index (χ1n) is 5.85. The Labute approximate surface area is 111 Å². The van der Waals surface area contributed by atoms with Crippen LogP contribution in [-0.2, 0) is 6.18 Å². The van der Waals surface area contributed by atoms with Gasteiger partial charge < -0.3 is 0 Å². The highest BCUT2D eigenvalue weighted by Crippen LogP contribution is 2.42. The number of rotatable bonds is 1. The van der Waals surface area contributed by atoms with Crippen LogP contribution in [0.4, 0.5) is 26.3 Å². The van der Waals surface area contributed by atoms with Crippen molar-refractivity contribution in [2.24, 2.45) is 0 Å². The molecular weight excluding hydrogens is 282 g/mol. The van der Waals surface area contributed by atoms with Crippen LogP contribution in [0.5, 0.6) is 0 Å². The lowest BCUT2D eigenvalue weighted by atomic mass is 9.88. The van der Waals surface area contributed by atoms with E-state index < -0.39 is 29.1 Å². The fraction of sp³-hybridized carbons (Fsp3) is 0.286. The molecule has 0 radical (unpaired) electrons. The summed E-state index contributed by atoms with van der Waals surface area (Å²) >= 11 is 0. The zero-order chi connectivity index (χ0) is 15.0. The summed E-state index contributed by atoms with van der Waals surface area (Å²) in [6, 6.07) is 4.36. The molecule has 20 heavy (non-hydrogen) atoms. The Hall–Kier alpha value is -1.72. The van der Waals surface area contributed by atoms with Crippen molar-refractivity contribution in [2.75, 3.05) is 0 Å². The van der Waals surface area contributed by atoms with Gasteiger partial charge in [0.1, 0.15) is 0 Å². The Morgan fingerprint density at radius 2 is 1.50 bits per heavy atom. The fourth-order valence-electron chi connectivity index (χ4n) is 2.20. The molecule has 1 aliphatic carbocycles. The maximum absolute atomic E-state index is 12.9. The summed E-state index contributed by atoms with van der Waals surface area (Å²) in [7, 11) is 0. The van der Waals surface area contributed by atoms with Gasteiger partial charge in [0.2, 0.25) is 0 Å². The third-order valence-electron chi connectivity index (χ3n) is 3.03. The third-order valence-corrected chi connectivity index (χ3v) is 3.03. The summed E-state index contributed by atoms with van der Waals surface area (Å²) in [5.74, 6) is 0. The average molecular weight is 292 g/mol. The summed E-state index contributed by atoms with van der Waals surface area (Å²) in [5.41, 5.74) is -2.72. The molecule has 0 aromatic heterocycles. The molecule has 108 valence electrons. The second kappa shape index (κ2) is 5.00. The number of benzene rings is 1. The molecule has 0 N–H and O–H groups in total.